The molecule has 2 aliphatic rings. The van der Waals surface area contributed by atoms with Crippen LogP contribution in [0.5, 0.6) is 5.75 Å². The normalized spacial score (nSPS) is 19.4. The zero-order valence-corrected chi connectivity index (χ0v) is 17.3. The molecule has 1 atom stereocenters. The van der Waals surface area contributed by atoms with Gasteiger partial charge in [-0.1, -0.05) is 48.9 Å². The number of hydrogen-bond acceptors (Lipinski definition) is 4. The van der Waals surface area contributed by atoms with E-state index < -0.39 is 0 Å². The molecule has 0 aromatic heterocycles. The third-order valence-corrected chi connectivity index (χ3v) is 5.79. The van der Waals surface area contributed by atoms with Crippen molar-refractivity contribution in [3.63, 3.8) is 0 Å². The van der Waals surface area contributed by atoms with E-state index in [9.17, 15) is 9.59 Å². The maximum atomic E-state index is 12.7. The molecule has 1 unspecified atom stereocenters. The molecule has 6 heteroatoms. The highest BCUT2D eigenvalue weighted by atomic mass is 16.5. The Balaban J connectivity index is 1.27. The number of amides is 3. The van der Waals surface area contributed by atoms with Gasteiger partial charge in [-0.15, -0.1) is 0 Å². The summed E-state index contributed by atoms with van der Waals surface area (Å²) < 4.78 is 5.81. The first-order valence-electron chi connectivity index (χ1n) is 10.8. The fourth-order valence-corrected chi connectivity index (χ4v) is 4.05. The zero-order chi connectivity index (χ0) is 20.8. The van der Waals surface area contributed by atoms with Crippen molar-refractivity contribution in [1.82, 2.24) is 15.1 Å². The molecule has 0 bridgehead atoms. The number of imide groups is 1. The molecule has 2 aromatic rings. The fourth-order valence-electron chi connectivity index (χ4n) is 4.05. The Morgan fingerprint density at radius 1 is 0.967 bits per heavy atom. The molecule has 3 amide bonds. The van der Waals surface area contributed by atoms with Crippen LogP contribution in [-0.4, -0.2) is 47.4 Å². The van der Waals surface area contributed by atoms with Crippen LogP contribution in [0.15, 0.2) is 54.6 Å². The van der Waals surface area contributed by atoms with E-state index in [4.69, 9.17) is 4.74 Å². The molecule has 0 aliphatic carbocycles. The van der Waals surface area contributed by atoms with Gasteiger partial charge in [-0.25, -0.2) is 4.79 Å². The second-order valence-corrected chi connectivity index (χ2v) is 8.04. The van der Waals surface area contributed by atoms with Crippen LogP contribution in [-0.2, 0) is 17.9 Å². The predicted octanol–water partition coefficient (Wildman–Crippen LogP) is 3.56. The van der Waals surface area contributed by atoms with Crippen molar-refractivity contribution < 1.29 is 14.3 Å². The molecule has 1 N–H and O–H groups in total. The van der Waals surface area contributed by atoms with Gasteiger partial charge in [-0.05, 0) is 49.1 Å². The van der Waals surface area contributed by atoms with Gasteiger partial charge in [0.2, 0.25) is 5.91 Å². The highest BCUT2D eigenvalue weighted by Crippen LogP contribution is 2.19. The molecule has 2 aliphatic heterocycles. The maximum absolute atomic E-state index is 12.7. The average Bonchev–Trinajstić information content (AvgIpc) is 3.05. The zero-order valence-electron chi connectivity index (χ0n) is 17.3. The van der Waals surface area contributed by atoms with Crippen LogP contribution < -0.4 is 10.1 Å². The van der Waals surface area contributed by atoms with E-state index in [1.165, 1.54) is 17.7 Å². The van der Waals surface area contributed by atoms with Gasteiger partial charge in [0.05, 0.1) is 0 Å². The molecule has 2 heterocycles. The number of nitrogens with one attached hydrogen (secondary N) is 1. The molecule has 6 nitrogen and oxygen atoms in total. The summed E-state index contributed by atoms with van der Waals surface area (Å²) in [5.74, 6) is 0.687. The van der Waals surface area contributed by atoms with Crippen LogP contribution in [0.3, 0.4) is 0 Å². The van der Waals surface area contributed by atoms with E-state index in [-0.39, 0.29) is 18.5 Å². The highest BCUT2D eigenvalue weighted by molar-refractivity contribution is 6.01. The number of ether oxygens (including phenoxy) is 1. The van der Waals surface area contributed by atoms with Crippen LogP contribution in [0.25, 0.3) is 0 Å². The number of carbonyl (C=O) groups is 2. The Morgan fingerprint density at radius 2 is 1.77 bits per heavy atom. The smallest absolute Gasteiger partial charge is 0.327 e. The van der Waals surface area contributed by atoms with E-state index >= 15 is 0 Å². The van der Waals surface area contributed by atoms with Crippen molar-refractivity contribution in [2.75, 3.05) is 19.6 Å². The molecule has 0 spiro atoms. The molecule has 2 aromatic carbocycles. The fraction of sp³-hybridized carbons (Fsp3) is 0.417. The van der Waals surface area contributed by atoms with Crippen LogP contribution >= 0.6 is 0 Å². The summed E-state index contributed by atoms with van der Waals surface area (Å²) in [5, 5.41) is 3.47. The average molecular weight is 408 g/mol. The molecule has 0 saturated carbocycles. The van der Waals surface area contributed by atoms with Crippen LogP contribution in [0.4, 0.5) is 4.79 Å². The minimum absolute atomic E-state index is 0.0985. The number of benzene rings is 2. The van der Waals surface area contributed by atoms with Crippen LogP contribution in [0.2, 0.25) is 0 Å². The number of urea groups is 1. The minimum Gasteiger partial charge on any atom is -0.489 e. The van der Waals surface area contributed by atoms with Gasteiger partial charge < -0.3 is 15.0 Å². The largest absolute Gasteiger partial charge is 0.489 e. The van der Waals surface area contributed by atoms with Crippen LogP contribution in [0, 0.1) is 0 Å². The van der Waals surface area contributed by atoms with Gasteiger partial charge in [-0.2, -0.15) is 0 Å². The molecule has 158 valence electrons. The molecule has 4 rings (SSSR count). The quantitative estimate of drug-likeness (QED) is 0.680. The first-order chi connectivity index (χ1) is 14.7. The van der Waals surface area contributed by atoms with E-state index in [1.54, 1.807) is 4.90 Å². The minimum atomic E-state index is -0.180. The molecular formula is C24H29N3O3. The van der Waals surface area contributed by atoms with Crippen molar-refractivity contribution in [3.05, 3.63) is 65.7 Å². The molecule has 0 radical (unpaired) electrons. The summed E-state index contributed by atoms with van der Waals surface area (Å²) in [6, 6.07) is 18.0. The summed E-state index contributed by atoms with van der Waals surface area (Å²) in [5.41, 5.74) is 2.10. The lowest BCUT2D eigenvalue weighted by Crippen LogP contribution is -2.39. The highest BCUT2D eigenvalue weighted by Gasteiger charge is 2.35. The Bertz CT molecular complexity index is 848. The van der Waals surface area contributed by atoms with E-state index in [0.29, 0.717) is 25.7 Å². The standard InChI is InChI=1S/C24H29N3O3/c28-23-17-26(24(29)27(23)15-13-21-8-4-5-14-25-21)16-19-9-11-22(12-10-19)30-18-20-6-2-1-3-7-20/h1-3,6-7,9-12,21,25H,4-5,8,13-18H2. The van der Waals surface area contributed by atoms with E-state index in [1.807, 2.05) is 54.6 Å². The topological polar surface area (TPSA) is 61.9 Å². The van der Waals surface area contributed by atoms with Crippen LogP contribution in [0.1, 0.15) is 36.8 Å². The lowest BCUT2D eigenvalue weighted by Gasteiger charge is -2.25. The Hall–Kier alpha value is -2.86. The van der Waals surface area contributed by atoms with Gasteiger partial charge in [0.25, 0.3) is 0 Å². The van der Waals surface area contributed by atoms with Crippen molar-refractivity contribution in [3.8, 4) is 5.75 Å². The van der Waals surface area contributed by atoms with Gasteiger partial charge in [0, 0.05) is 19.1 Å². The Labute approximate surface area is 177 Å². The van der Waals surface area contributed by atoms with Crippen molar-refractivity contribution in [1.29, 1.82) is 0 Å². The number of hydrogen-bond donors (Lipinski definition) is 1. The summed E-state index contributed by atoms with van der Waals surface area (Å²) in [7, 11) is 0. The van der Waals surface area contributed by atoms with Gasteiger partial charge in [0.15, 0.2) is 0 Å². The van der Waals surface area contributed by atoms with Crippen molar-refractivity contribution >= 4 is 11.9 Å². The van der Waals surface area contributed by atoms with Gasteiger partial charge in [0.1, 0.15) is 18.9 Å². The molecule has 2 fully saturated rings. The third-order valence-electron chi connectivity index (χ3n) is 5.79. The van der Waals surface area contributed by atoms with E-state index in [2.05, 4.69) is 5.32 Å². The summed E-state index contributed by atoms with van der Waals surface area (Å²) >= 11 is 0. The summed E-state index contributed by atoms with van der Waals surface area (Å²) in [4.78, 5) is 28.1. The SMILES string of the molecule is O=C1CN(Cc2ccc(OCc3ccccc3)cc2)C(=O)N1CCC1CCCCN1. The molecule has 30 heavy (non-hydrogen) atoms. The Kier molecular flexibility index (Phi) is 6.64. The van der Waals surface area contributed by atoms with Crippen molar-refractivity contribution in [2.45, 2.75) is 44.9 Å². The lowest BCUT2D eigenvalue weighted by molar-refractivity contribution is -0.125. The van der Waals surface area contributed by atoms with E-state index in [0.717, 1.165) is 36.3 Å². The predicted molar refractivity (Wildman–Crippen MR) is 115 cm³/mol. The Morgan fingerprint density at radius 3 is 2.50 bits per heavy atom. The third kappa shape index (κ3) is 5.19. The maximum Gasteiger partial charge on any atom is 0.327 e. The van der Waals surface area contributed by atoms with Crippen molar-refractivity contribution in [2.24, 2.45) is 0 Å². The number of rotatable bonds is 8. The summed E-state index contributed by atoms with van der Waals surface area (Å²) in [6.45, 7) is 2.64. The molecular weight excluding hydrogens is 378 g/mol. The molecule has 2 saturated heterocycles. The number of piperidine rings is 1. The first kappa shape index (κ1) is 20.4. The van der Waals surface area contributed by atoms with Gasteiger partial charge in [-0.3, -0.25) is 9.69 Å². The second kappa shape index (κ2) is 9.76. The monoisotopic (exact) mass is 407 g/mol. The summed E-state index contributed by atoms with van der Waals surface area (Å²) in [6.07, 6.45) is 4.38. The lowest BCUT2D eigenvalue weighted by atomic mass is 10.0. The van der Waals surface area contributed by atoms with Gasteiger partial charge >= 0.3 is 6.03 Å². The first-order valence-corrected chi connectivity index (χ1v) is 10.8. The number of nitrogens with zero attached hydrogens (tertiary/aromatic N) is 2. The number of carbonyl (C=O) groups excluding carboxylic acids is 2. The second-order valence-electron chi connectivity index (χ2n) is 8.04.